The fourth-order valence-electron chi connectivity index (χ4n) is 1.99. The fourth-order valence-corrected chi connectivity index (χ4v) is 2.17. The van der Waals surface area contributed by atoms with Crippen LogP contribution >= 0.6 is 11.6 Å². The maximum absolute atomic E-state index is 11.6. The molecule has 0 saturated carbocycles. The minimum atomic E-state index is -0.572. The first-order chi connectivity index (χ1) is 10.1. The molecule has 0 heterocycles. The lowest BCUT2D eigenvalue weighted by molar-refractivity contribution is 0.200. The van der Waals surface area contributed by atoms with Gasteiger partial charge in [0.1, 0.15) is 5.75 Å². The van der Waals surface area contributed by atoms with Crippen LogP contribution in [0.2, 0.25) is 5.02 Å². The summed E-state index contributed by atoms with van der Waals surface area (Å²) in [4.78, 5) is 11.6. The number of methoxy groups -OCH3 is 1. The van der Waals surface area contributed by atoms with E-state index in [1.165, 1.54) is 7.05 Å². The third-order valence-electron chi connectivity index (χ3n) is 2.90. The van der Waals surface area contributed by atoms with Gasteiger partial charge in [0.15, 0.2) is 11.5 Å². The Kier molecular flexibility index (Phi) is 4.75. The van der Waals surface area contributed by atoms with Crippen molar-refractivity contribution in [1.29, 1.82) is 0 Å². The lowest BCUT2D eigenvalue weighted by Gasteiger charge is -2.16. The first-order valence-corrected chi connectivity index (χ1v) is 6.81. The molecule has 0 bridgehead atoms. The van der Waals surface area contributed by atoms with E-state index in [9.17, 15) is 4.79 Å². The third-order valence-corrected chi connectivity index (χ3v) is 3.13. The molecule has 112 valence electrons. The van der Waals surface area contributed by atoms with Gasteiger partial charge in [0.25, 0.3) is 0 Å². The molecule has 0 spiro atoms. The predicted octanol–water partition coefficient (Wildman–Crippen LogP) is 3.62. The summed E-state index contributed by atoms with van der Waals surface area (Å²) in [6.07, 6.45) is -0.572. The van der Waals surface area contributed by atoms with Gasteiger partial charge in [0, 0.05) is 28.9 Å². The van der Waals surface area contributed by atoms with Gasteiger partial charge in [-0.05, 0) is 25.1 Å². The lowest BCUT2D eigenvalue weighted by atomic mass is 10.1. The highest BCUT2D eigenvalue weighted by Crippen LogP contribution is 2.42. The van der Waals surface area contributed by atoms with Crippen LogP contribution in [-0.2, 0) is 0 Å². The minimum absolute atomic E-state index is 0.337. The van der Waals surface area contributed by atoms with Crippen LogP contribution in [0.3, 0.4) is 0 Å². The molecule has 0 fully saturated rings. The van der Waals surface area contributed by atoms with E-state index in [4.69, 9.17) is 25.8 Å². The van der Waals surface area contributed by atoms with Crippen LogP contribution in [0.15, 0.2) is 24.3 Å². The molecule has 0 atom stereocenters. The Morgan fingerprint density at radius 1 is 1.24 bits per heavy atom. The highest BCUT2D eigenvalue weighted by molar-refractivity contribution is 6.31. The van der Waals surface area contributed by atoms with Gasteiger partial charge in [0.2, 0.25) is 0 Å². The number of rotatable bonds is 4. The summed E-state index contributed by atoms with van der Waals surface area (Å²) in [7, 11) is 3.05. The van der Waals surface area contributed by atoms with E-state index in [-0.39, 0.29) is 0 Å². The number of ether oxygens (including phenoxy) is 3. The number of carbonyl (C=O) groups is 1. The number of carbonyl (C=O) groups excluding carboxylic acids is 1. The Labute approximate surface area is 127 Å². The molecule has 0 aliphatic heterocycles. The number of nitrogens with one attached hydrogen (secondary N) is 1. The van der Waals surface area contributed by atoms with Gasteiger partial charge in [0.05, 0.1) is 13.7 Å². The van der Waals surface area contributed by atoms with Crippen molar-refractivity contribution in [1.82, 2.24) is 5.32 Å². The SMILES string of the molecule is CCOc1cc(OC)c2cc(Cl)ccc2c1OC(=O)NC. The Morgan fingerprint density at radius 3 is 2.62 bits per heavy atom. The Hall–Kier alpha value is -2.14. The van der Waals surface area contributed by atoms with Gasteiger partial charge in [-0.25, -0.2) is 4.79 Å². The molecule has 1 amide bonds. The van der Waals surface area contributed by atoms with Crippen LogP contribution in [0.1, 0.15) is 6.92 Å². The molecular formula is C15H16ClNO4. The van der Waals surface area contributed by atoms with Gasteiger partial charge in [-0.15, -0.1) is 0 Å². The quantitative estimate of drug-likeness (QED) is 0.937. The van der Waals surface area contributed by atoms with Crippen molar-refractivity contribution >= 4 is 28.5 Å². The van der Waals surface area contributed by atoms with E-state index in [1.54, 1.807) is 31.4 Å². The summed E-state index contributed by atoms with van der Waals surface area (Å²) < 4.78 is 16.2. The zero-order chi connectivity index (χ0) is 15.4. The van der Waals surface area contributed by atoms with Gasteiger partial charge in [-0.2, -0.15) is 0 Å². The smallest absolute Gasteiger partial charge is 0.412 e. The van der Waals surface area contributed by atoms with E-state index >= 15 is 0 Å². The van der Waals surface area contributed by atoms with Crippen LogP contribution in [0.25, 0.3) is 10.8 Å². The summed E-state index contributed by atoms with van der Waals surface area (Å²) in [5.74, 6) is 1.37. The third kappa shape index (κ3) is 3.13. The average Bonchev–Trinajstić information content (AvgIpc) is 2.49. The summed E-state index contributed by atoms with van der Waals surface area (Å²) in [5, 5.41) is 4.41. The monoisotopic (exact) mass is 309 g/mol. The van der Waals surface area contributed by atoms with Crippen molar-refractivity contribution in [2.24, 2.45) is 0 Å². The van der Waals surface area contributed by atoms with Crippen molar-refractivity contribution in [3.63, 3.8) is 0 Å². The second-order valence-electron chi connectivity index (χ2n) is 4.17. The number of hydrogen-bond acceptors (Lipinski definition) is 4. The van der Waals surface area contributed by atoms with Gasteiger partial charge in [-0.1, -0.05) is 11.6 Å². The number of amides is 1. The molecule has 0 radical (unpaired) electrons. The van der Waals surface area contributed by atoms with Crippen molar-refractivity contribution in [3.8, 4) is 17.2 Å². The molecule has 5 nitrogen and oxygen atoms in total. The summed E-state index contributed by atoms with van der Waals surface area (Å²) in [5.41, 5.74) is 0. The topological polar surface area (TPSA) is 56.8 Å². The van der Waals surface area contributed by atoms with Crippen molar-refractivity contribution in [3.05, 3.63) is 29.3 Å². The lowest BCUT2D eigenvalue weighted by Crippen LogP contribution is -2.22. The second-order valence-corrected chi connectivity index (χ2v) is 4.60. The maximum atomic E-state index is 11.6. The first-order valence-electron chi connectivity index (χ1n) is 6.43. The molecule has 0 aliphatic rings. The predicted molar refractivity (Wildman–Crippen MR) is 81.8 cm³/mol. The number of fused-ring (bicyclic) bond motifs is 1. The van der Waals surface area contributed by atoms with Gasteiger partial charge >= 0.3 is 6.09 Å². The van der Waals surface area contributed by atoms with Crippen LogP contribution in [0.5, 0.6) is 17.2 Å². The summed E-state index contributed by atoms with van der Waals surface area (Å²) in [6.45, 7) is 2.29. The standard InChI is InChI=1S/C15H16ClNO4/c1-4-20-13-8-12(19-3)11-7-9(16)5-6-10(11)14(13)21-15(18)17-2/h5-8H,4H2,1-3H3,(H,17,18). The Bertz CT molecular complexity index is 672. The van der Waals surface area contributed by atoms with E-state index in [2.05, 4.69) is 5.32 Å². The minimum Gasteiger partial charge on any atom is -0.496 e. The molecular weight excluding hydrogens is 294 g/mol. The molecule has 0 aliphatic carbocycles. The Balaban J connectivity index is 2.71. The summed E-state index contributed by atoms with van der Waals surface area (Å²) >= 11 is 6.03. The summed E-state index contributed by atoms with van der Waals surface area (Å²) in [6, 6.07) is 6.92. The Morgan fingerprint density at radius 2 is 2.00 bits per heavy atom. The molecule has 0 unspecified atom stereocenters. The van der Waals surface area contributed by atoms with Gasteiger partial charge in [-0.3, -0.25) is 0 Å². The van der Waals surface area contributed by atoms with Crippen LogP contribution in [0, 0.1) is 0 Å². The molecule has 21 heavy (non-hydrogen) atoms. The van der Waals surface area contributed by atoms with Crippen molar-refractivity contribution in [2.45, 2.75) is 6.92 Å². The van der Waals surface area contributed by atoms with Crippen LogP contribution < -0.4 is 19.5 Å². The first kappa shape index (κ1) is 15.3. The van der Waals surface area contributed by atoms with Crippen molar-refractivity contribution < 1.29 is 19.0 Å². The number of hydrogen-bond donors (Lipinski definition) is 1. The molecule has 2 rings (SSSR count). The fraction of sp³-hybridized carbons (Fsp3) is 0.267. The zero-order valence-electron chi connectivity index (χ0n) is 12.0. The van der Waals surface area contributed by atoms with Crippen LogP contribution in [0.4, 0.5) is 4.79 Å². The molecule has 0 saturated heterocycles. The van der Waals surface area contributed by atoms with Crippen molar-refractivity contribution in [2.75, 3.05) is 20.8 Å². The van der Waals surface area contributed by atoms with E-state index in [1.807, 2.05) is 6.92 Å². The second kappa shape index (κ2) is 6.54. The molecule has 0 aromatic heterocycles. The molecule has 1 N–H and O–H groups in total. The highest BCUT2D eigenvalue weighted by Gasteiger charge is 2.18. The largest absolute Gasteiger partial charge is 0.496 e. The molecule has 6 heteroatoms. The zero-order valence-corrected chi connectivity index (χ0v) is 12.8. The molecule has 2 aromatic rings. The van der Waals surface area contributed by atoms with Crippen LogP contribution in [-0.4, -0.2) is 26.9 Å². The van der Waals surface area contributed by atoms with E-state index in [0.29, 0.717) is 34.3 Å². The van der Waals surface area contributed by atoms with E-state index in [0.717, 1.165) is 5.39 Å². The van der Waals surface area contributed by atoms with E-state index < -0.39 is 6.09 Å². The average molecular weight is 310 g/mol. The molecule has 2 aromatic carbocycles. The highest BCUT2D eigenvalue weighted by atomic mass is 35.5. The normalized spacial score (nSPS) is 10.3. The maximum Gasteiger partial charge on any atom is 0.412 e. The van der Waals surface area contributed by atoms with Gasteiger partial charge < -0.3 is 19.5 Å². The number of halogens is 1. The number of benzene rings is 2.